The fourth-order valence-corrected chi connectivity index (χ4v) is 1.66. The molecule has 0 aliphatic rings. The van der Waals surface area contributed by atoms with Crippen LogP contribution in [0.5, 0.6) is 0 Å². The number of aromatic carboxylic acids is 1. The second-order valence-corrected chi connectivity index (χ2v) is 4.27. The third-order valence-electron chi connectivity index (χ3n) is 2.63. The number of rotatable bonds is 3. The van der Waals surface area contributed by atoms with Gasteiger partial charge in [0.15, 0.2) is 0 Å². The third-order valence-corrected chi connectivity index (χ3v) is 2.63. The van der Waals surface area contributed by atoms with Crippen LogP contribution in [0, 0.1) is 5.82 Å². The highest BCUT2D eigenvalue weighted by Gasteiger charge is 2.14. The molecule has 4 nitrogen and oxygen atoms in total. The summed E-state index contributed by atoms with van der Waals surface area (Å²) in [5, 5.41) is 12.4. The lowest BCUT2D eigenvalue weighted by atomic mass is 9.99. The Morgan fingerprint density at radius 1 is 1.39 bits per heavy atom. The minimum absolute atomic E-state index is 0.0378. The molecule has 2 aromatic rings. The van der Waals surface area contributed by atoms with Gasteiger partial charge in [0.2, 0.25) is 5.76 Å². The third kappa shape index (κ3) is 2.25. The van der Waals surface area contributed by atoms with E-state index in [9.17, 15) is 9.18 Å². The van der Waals surface area contributed by atoms with E-state index in [0.717, 1.165) is 0 Å². The van der Waals surface area contributed by atoms with Crippen molar-refractivity contribution in [2.24, 2.45) is 0 Å². The number of carbonyl (C=O) groups is 1. The smallest absolute Gasteiger partial charge is 0.374 e. The van der Waals surface area contributed by atoms with Gasteiger partial charge in [0.1, 0.15) is 11.5 Å². The van der Waals surface area contributed by atoms with Gasteiger partial charge in [0, 0.05) is 11.6 Å². The zero-order valence-electron chi connectivity index (χ0n) is 9.98. The minimum Gasteiger partial charge on any atom is -0.475 e. The molecule has 1 aromatic carbocycles. The van der Waals surface area contributed by atoms with Gasteiger partial charge in [0.05, 0.1) is 0 Å². The van der Waals surface area contributed by atoms with E-state index >= 15 is 0 Å². The summed E-state index contributed by atoms with van der Waals surface area (Å²) in [4.78, 5) is 10.7. The van der Waals surface area contributed by atoms with E-state index < -0.39 is 5.97 Å². The minimum atomic E-state index is -1.18. The molecule has 0 radical (unpaired) electrons. The van der Waals surface area contributed by atoms with Crippen LogP contribution in [0.2, 0.25) is 0 Å². The van der Waals surface area contributed by atoms with E-state index in [-0.39, 0.29) is 17.5 Å². The number of carboxylic acid groups (broad SMARTS) is 1. The highest BCUT2D eigenvalue weighted by molar-refractivity contribution is 5.85. The molecule has 0 saturated carbocycles. The number of halogens is 1. The van der Waals surface area contributed by atoms with Crippen LogP contribution >= 0.6 is 0 Å². The van der Waals surface area contributed by atoms with E-state index in [2.05, 4.69) is 9.68 Å². The predicted molar refractivity (Wildman–Crippen MR) is 62.9 cm³/mol. The van der Waals surface area contributed by atoms with Crippen LogP contribution in [0.4, 0.5) is 4.39 Å². The number of hydrogen-bond donors (Lipinski definition) is 1. The van der Waals surface area contributed by atoms with Crippen molar-refractivity contribution in [2.75, 3.05) is 0 Å². The molecule has 1 heterocycles. The van der Waals surface area contributed by atoms with Crippen molar-refractivity contribution in [1.29, 1.82) is 0 Å². The Balaban J connectivity index is 2.44. The lowest BCUT2D eigenvalue weighted by Crippen LogP contribution is -1.94. The van der Waals surface area contributed by atoms with Crippen LogP contribution < -0.4 is 0 Å². The van der Waals surface area contributed by atoms with E-state index in [1.807, 2.05) is 13.8 Å². The Hall–Kier alpha value is -2.17. The Bertz CT molecular complexity index is 590. The quantitative estimate of drug-likeness (QED) is 0.906. The molecule has 0 fully saturated rings. The molecule has 94 valence electrons. The molecular weight excluding hydrogens is 237 g/mol. The molecule has 5 heteroatoms. The summed E-state index contributed by atoms with van der Waals surface area (Å²) >= 11 is 0. The first-order valence-electron chi connectivity index (χ1n) is 5.49. The van der Waals surface area contributed by atoms with E-state index in [1.165, 1.54) is 12.1 Å². The van der Waals surface area contributed by atoms with Gasteiger partial charge in [-0.05, 0) is 29.7 Å². The summed E-state index contributed by atoms with van der Waals surface area (Å²) < 4.78 is 18.2. The van der Waals surface area contributed by atoms with Crippen molar-refractivity contribution in [3.8, 4) is 11.3 Å². The average molecular weight is 249 g/mol. The maximum atomic E-state index is 13.5. The summed E-state index contributed by atoms with van der Waals surface area (Å²) in [5.41, 5.74) is 1.58. The molecule has 0 aliphatic heterocycles. The molecule has 2 rings (SSSR count). The van der Waals surface area contributed by atoms with Crippen molar-refractivity contribution in [1.82, 2.24) is 5.16 Å². The van der Waals surface area contributed by atoms with Gasteiger partial charge in [-0.25, -0.2) is 9.18 Å². The zero-order valence-corrected chi connectivity index (χ0v) is 9.98. The van der Waals surface area contributed by atoms with Gasteiger partial charge in [-0.1, -0.05) is 19.0 Å². The molecule has 0 amide bonds. The SMILES string of the molecule is CC(C)c1cc(-c2cc(C(=O)O)on2)ccc1F. The second-order valence-electron chi connectivity index (χ2n) is 4.27. The molecule has 0 spiro atoms. The highest BCUT2D eigenvalue weighted by atomic mass is 19.1. The standard InChI is InChI=1S/C13H12FNO3/c1-7(2)9-5-8(3-4-10(9)14)11-6-12(13(16)17)18-15-11/h3-7H,1-2H3,(H,16,17). The molecule has 1 N–H and O–H groups in total. The largest absolute Gasteiger partial charge is 0.475 e. The number of hydrogen-bond acceptors (Lipinski definition) is 3. The lowest BCUT2D eigenvalue weighted by molar-refractivity contribution is 0.0652. The van der Waals surface area contributed by atoms with Crippen molar-refractivity contribution >= 4 is 5.97 Å². The average Bonchev–Trinajstić information content (AvgIpc) is 2.78. The second kappa shape index (κ2) is 4.60. The molecule has 18 heavy (non-hydrogen) atoms. The Morgan fingerprint density at radius 3 is 2.67 bits per heavy atom. The maximum Gasteiger partial charge on any atom is 0.374 e. The summed E-state index contributed by atoms with van der Waals surface area (Å²) in [5.74, 6) is -1.66. The van der Waals surface area contributed by atoms with Crippen LogP contribution in [0.1, 0.15) is 35.9 Å². The van der Waals surface area contributed by atoms with Crippen LogP contribution in [0.25, 0.3) is 11.3 Å². The number of nitrogens with zero attached hydrogens (tertiary/aromatic N) is 1. The predicted octanol–water partition coefficient (Wildman–Crippen LogP) is 3.30. The zero-order chi connectivity index (χ0) is 13.3. The van der Waals surface area contributed by atoms with Crippen LogP contribution in [0.3, 0.4) is 0 Å². The summed E-state index contributed by atoms with van der Waals surface area (Å²) in [7, 11) is 0. The molecule has 0 atom stereocenters. The molecule has 0 aliphatic carbocycles. The first-order valence-corrected chi connectivity index (χ1v) is 5.49. The van der Waals surface area contributed by atoms with Crippen LogP contribution in [-0.2, 0) is 0 Å². The first kappa shape index (κ1) is 12.3. The molecule has 0 saturated heterocycles. The van der Waals surface area contributed by atoms with Gasteiger partial charge >= 0.3 is 5.97 Å². The van der Waals surface area contributed by atoms with Gasteiger partial charge in [-0.2, -0.15) is 0 Å². The van der Waals surface area contributed by atoms with E-state index in [4.69, 9.17) is 5.11 Å². The van der Waals surface area contributed by atoms with Crippen LogP contribution in [0.15, 0.2) is 28.8 Å². The van der Waals surface area contributed by atoms with E-state index in [1.54, 1.807) is 12.1 Å². The molecule has 0 unspecified atom stereocenters. The van der Waals surface area contributed by atoms with E-state index in [0.29, 0.717) is 16.8 Å². The lowest BCUT2D eigenvalue weighted by Gasteiger charge is -2.08. The topological polar surface area (TPSA) is 63.3 Å². The molecule has 1 aromatic heterocycles. The Kier molecular flexibility index (Phi) is 3.14. The highest BCUT2D eigenvalue weighted by Crippen LogP contribution is 2.26. The normalized spacial score (nSPS) is 10.9. The summed E-state index contributed by atoms with van der Waals surface area (Å²) in [6.07, 6.45) is 0. The van der Waals surface area contributed by atoms with Crippen molar-refractivity contribution in [3.63, 3.8) is 0 Å². The fraction of sp³-hybridized carbons (Fsp3) is 0.231. The number of benzene rings is 1. The Morgan fingerprint density at radius 2 is 2.11 bits per heavy atom. The molecule has 0 bridgehead atoms. The van der Waals surface area contributed by atoms with Gasteiger partial charge < -0.3 is 9.63 Å². The summed E-state index contributed by atoms with van der Waals surface area (Å²) in [6, 6.07) is 5.87. The summed E-state index contributed by atoms with van der Waals surface area (Å²) in [6.45, 7) is 3.77. The monoisotopic (exact) mass is 249 g/mol. The van der Waals surface area contributed by atoms with Crippen LogP contribution in [-0.4, -0.2) is 16.2 Å². The number of aromatic nitrogens is 1. The van der Waals surface area contributed by atoms with Crippen molar-refractivity contribution < 1.29 is 18.8 Å². The van der Waals surface area contributed by atoms with Gasteiger partial charge in [-0.3, -0.25) is 0 Å². The van der Waals surface area contributed by atoms with Crippen molar-refractivity contribution in [2.45, 2.75) is 19.8 Å². The van der Waals surface area contributed by atoms with Crippen molar-refractivity contribution in [3.05, 3.63) is 41.4 Å². The Labute approximate surface area is 103 Å². The first-order chi connectivity index (χ1) is 8.49. The van der Waals surface area contributed by atoms with Gasteiger partial charge in [-0.15, -0.1) is 0 Å². The fourth-order valence-electron chi connectivity index (χ4n) is 1.66. The number of carboxylic acids is 1. The van der Waals surface area contributed by atoms with Gasteiger partial charge in [0.25, 0.3) is 0 Å². The molecular formula is C13H12FNO3. The maximum absolute atomic E-state index is 13.5.